The number of guanidine groups is 1. The Labute approximate surface area is 209 Å². The first-order chi connectivity index (χ1) is 15.2. The van der Waals surface area contributed by atoms with Gasteiger partial charge < -0.3 is 24.6 Å². The van der Waals surface area contributed by atoms with E-state index in [0.29, 0.717) is 0 Å². The van der Waals surface area contributed by atoms with E-state index in [-0.39, 0.29) is 29.4 Å². The van der Waals surface area contributed by atoms with Gasteiger partial charge in [0, 0.05) is 70.2 Å². The summed E-state index contributed by atoms with van der Waals surface area (Å²) in [5, 5.41) is 3.70. The van der Waals surface area contributed by atoms with Gasteiger partial charge in [0.1, 0.15) is 5.75 Å². The molecule has 174 valence electrons. The third-order valence-electron chi connectivity index (χ3n) is 6.63. The summed E-state index contributed by atoms with van der Waals surface area (Å²) in [5.41, 5.74) is 2.70. The number of ether oxygens (including phenoxy) is 2. The van der Waals surface area contributed by atoms with Crippen LogP contribution in [-0.2, 0) is 10.2 Å². The molecule has 2 heterocycles. The zero-order chi connectivity index (χ0) is 21.5. The molecule has 32 heavy (non-hydrogen) atoms. The molecule has 0 amide bonds. The van der Waals surface area contributed by atoms with E-state index in [1.807, 2.05) is 13.1 Å². The lowest BCUT2D eigenvalue weighted by Gasteiger charge is -2.41. The quantitative estimate of drug-likeness (QED) is 0.349. The molecule has 7 heteroatoms. The molecule has 2 saturated heterocycles. The van der Waals surface area contributed by atoms with Gasteiger partial charge in [-0.05, 0) is 30.5 Å². The number of rotatable bonds is 5. The van der Waals surface area contributed by atoms with Crippen molar-refractivity contribution in [1.29, 1.82) is 0 Å². The molecule has 0 bridgehead atoms. The Morgan fingerprint density at radius 3 is 2.41 bits per heavy atom. The summed E-state index contributed by atoms with van der Waals surface area (Å²) in [6, 6.07) is 19.2. The predicted molar refractivity (Wildman–Crippen MR) is 142 cm³/mol. The fraction of sp³-hybridized carbons (Fsp3) is 0.480. The highest BCUT2D eigenvalue weighted by molar-refractivity contribution is 14.0. The predicted octanol–water partition coefficient (Wildman–Crippen LogP) is 3.76. The van der Waals surface area contributed by atoms with Gasteiger partial charge in [-0.25, -0.2) is 0 Å². The molecule has 0 aromatic heterocycles. The zero-order valence-electron chi connectivity index (χ0n) is 19.1. The van der Waals surface area contributed by atoms with Crippen molar-refractivity contribution in [3.63, 3.8) is 0 Å². The molecule has 2 fully saturated rings. The highest BCUT2D eigenvalue weighted by Gasteiger charge is 2.35. The number of hydrogen-bond donors (Lipinski definition) is 1. The SMILES string of the molecule is CN=C(NCC1(c2ccccc2)CCOCC1)N1CCN(c2cccc(OC)c2)CC1.I. The standard InChI is InChI=1S/C25H34N4O2.HI/c1-26-24(27-20-25(11-17-31-18-12-25)21-7-4-3-5-8-21)29-15-13-28(14-16-29)22-9-6-10-23(19-22)30-2;/h3-10,19H,11-18,20H2,1-2H3,(H,26,27);1H. The molecule has 4 rings (SSSR count). The summed E-state index contributed by atoms with van der Waals surface area (Å²) >= 11 is 0. The fourth-order valence-corrected chi connectivity index (χ4v) is 4.69. The first-order valence-electron chi connectivity index (χ1n) is 11.2. The fourth-order valence-electron chi connectivity index (χ4n) is 4.69. The molecule has 2 aromatic rings. The van der Waals surface area contributed by atoms with E-state index in [1.165, 1.54) is 11.3 Å². The first kappa shape index (κ1) is 24.6. The summed E-state index contributed by atoms with van der Waals surface area (Å²) in [7, 11) is 3.60. The van der Waals surface area contributed by atoms with Gasteiger partial charge in [-0.3, -0.25) is 4.99 Å². The molecule has 0 atom stereocenters. The number of halogens is 1. The lowest BCUT2D eigenvalue weighted by Crippen LogP contribution is -2.55. The minimum Gasteiger partial charge on any atom is -0.497 e. The first-order valence-corrected chi connectivity index (χ1v) is 11.2. The highest BCUT2D eigenvalue weighted by Crippen LogP contribution is 2.34. The molecular formula is C25H35IN4O2. The third kappa shape index (κ3) is 5.67. The smallest absolute Gasteiger partial charge is 0.193 e. The maximum absolute atomic E-state index is 5.68. The van der Waals surface area contributed by atoms with Crippen molar-refractivity contribution in [3.8, 4) is 5.75 Å². The van der Waals surface area contributed by atoms with Crippen LogP contribution in [0.2, 0.25) is 0 Å². The number of hydrogen-bond acceptors (Lipinski definition) is 4. The Morgan fingerprint density at radius 2 is 1.75 bits per heavy atom. The van der Waals surface area contributed by atoms with E-state index in [1.54, 1.807) is 7.11 Å². The van der Waals surface area contributed by atoms with Crippen LogP contribution in [0.5, 0.6) is 5.75 Å². The van der Waals surface area contributed by atoms with Crippen LogP contribution in [0.4, 0.5) is 5.69 Å². The second-order valence-corrected chi connectivity index (χ2v) is 8.34. The Hall–Kier alpha value is -2.00. The van der Waals surface area contributed by atoms with Gasteiger partial charge in [-0.2, -0.15) is 0 Å². The second kappa shape index (κ2) is 11.7. The van der Waals surface area contributed by atoms with E-state index in [9.17, 15) is 0 Å². The van der Waals surface area contributed by atoms with Crippen molar-refractivity contribution in [2.24, 2.45) is 4.99 Å². The summed E-state index contributed by atoms with van der Waals surface area (Å²) < 4.78 is 11.1. The minimum absolute atomic E-state index is 0. The van der Waals surface area contributed by atoms with Crippen molar-refractivity contribution in [3.05, 3.63) is 60.2 Å². The summed E-state index contributed by atoms with van der Waals surface area (Å²) in [4.78, 5) is 9.39. The lowest BCUT2D eigenvalue weighted by atomic mass is 9.74. The number of benzene rings is 2. The normalized spacial score (nSPS) is 18.6. The van der Waals surface area contributed by atoms with E-state index >= 15 is 0 Å². The van der Waals surface area contributed by atoms with Crippen LogP contribution < -0.4 is 15.0 Å². The molecule has 0 spiro atoms. The van der Waals surface area contributed by atoms with Crippen molar-refractivity contribution < 1.29 is 9.47 Å². The number of piperazine rings is 1. The highest BCUT2D eigenvalue weighted by atomic mass is 127. The summed E-state index contributed by atoms with van der Waals surface area (Å²) in [6.07, 6.45) is 2.06. The molecule has 2 aliphatic heterocycles. The van der Waals surface area contributed by atoms with Gasteiger partial charge in [-0.15, -0.1) is 24.0 Å². The Morgan fingerprint density at radius 1 is 1.03 bits per heavy atom. The van der Waals surface area contributed by atoms with Gasteiger partial charge in [0.15, 0.2) is 5.96 Å². The van der Waals surface area contributed by atoms with Crippen LogP contribution in [0.3, 0.4) is 0 Å². The number of nitrogens with one attached hydrogen (secondary N) is 1. The number of nitrogens with zero attached hydrogens (tertiary/aromatic N) is 3. The average Bonchev–Trinajstić information content (AvgIpc) is 2.86. The molecule has 6 nitrogen and oxygen atoms in total. The van der Waals surface area contributed by atoms with Crippen molar-refractivity contribution in [2.75, 3.05) is 65.0 Å². The average molecular weight is 550 g/mol. The van der Waals surface area contributed by atoms with Crippen molar-refractivity contribution in [1.82, 2.24) is 10.2 Å². The number of methoxy groups -OCH3 is 1. The maximum Gasteiger partial charge on any atom is 0.193 e. The van der Waals surface area contributed by atoms with Crippen LogP contribution in [0.15, 0.2) is 59.6 Å². The van der Waals surface area contributed by atoms with Crippen molar-refractivity contribution >= 4 is 35.6 Å². The van der Waals surface area contributed by atoms with Gasteiger partial charge in [0.2, 0.25) is 0 Å². The molecule has 2 aromatic carbocycles. The van der Waals surface area contributed by atoms with E-state index < -0.39 is 0 Å². The topological polar surface area (TPSA) is 49.3 Å². The molecule has 2 aliphatic rings. The third-order valence-corrected chi connectivity index (χ3v) is 6.63. The van der Waals surface area contributed by atoms with Crippen LogP contribution in [0, 0.1) is 0 Å². The Bertz CT molecular complexity index is 863. The van der Waals surface area contributed by atoms with E-state index in [0.717, 1.165) is 70.5 Å². The second-order valence-electron chi connectivity index (χ2n) is 8.34. The minimum atomic E-state index is 0. The van der Waals surface area contributed by atoms with E-state index in [2.05, 4.69) is 68.6 Å². The largest absolute Gasteiger partial charge is 0.497 e. The van der Waals surface area contributed by atoms with Gasteiger partial charge in [-0.1, -0.05) is 36.4 Å². The van der Waals surface area contributed by atoms with Crippen LogP contribution >= 0.6 is 24.0 Å². The van der Waals surface area contributed by atoms with E-state index in [4.69, 9.17) is 9.47 Å². The molecule has 0 saturated carbocycles. The summed E-state index contributed by atoms with van der Waals surface area (Å²) in [5.74, 6) is 1.90. The molecule has 1 N–H and O–H groups in total. The van der Waals surface area contributed by atoms with Gasteiger partial charge in [0.25, 0.3) is 0 Å². The Kier molecular flexibility index (Phi) is 9.04. The van der Waals surface area contributed by atoms with Gasteiger partial charge in [0.05, 0.1) is 7.11 Å². The number of aliphatic imine (C=N–C) groups is 1. The van der Waals surface area contributed by atoms with Crippen LogP contribution in [0.1, 0.15) is 18.4 Å². The molecule has 0 aliphatic carbocycles. The molecule has 0 radical (unpaired) electrons. The van der Waals surface area contributed by atoms with Crippen molar-refractivity contribution in [2.45, 2.75) is 18.3 Å². The maximum atomic E-state index is 5.68. The summed E-state index contributed by atoms with van der Waals surface area (Å²) in [6.45, 7) is 6.32. The molecule has 0 unspecified atom stereocenters. The molecular weight excluding hydrogens is 515 g/mol. The zero-order valence-corrected chi connectivity index (χ0v) is 21.5. The van der Waals surface area contributed by atoms with Crippen LogP contribution in [0.25, 0.3) is 0 Å². The monoisotopic (exact) mass is 550 g/mol. The van der Waals surface area contributed by atoms with Crippen LogP contribution in [-0.4, -0.2) is 71.0 Å². The van der Waals surface area contributed by atoms with Gasteiger partial charge >= 0.3 is 0 Å². The number of anilines is 1. The lowest BCUT2D eigenvalue weighted by molar-refractivity contribution is 0.0511. The Balaban J connectivity index is 0.00000289.